The highest BCUT2D eigenvalue weighted by Crippen LogP contribution is 2.17. The molecule has 7 heteroatoms. The van der Waals surface area contributed by atoms with Crippen LogP contribution in [0.15, 0.2) is 40.4 Å². The van der Waals surface area contributed by atoms with E-state index >= 15 is 0 Å². The Balaban J connectivity index is 2.28. The van der Waals surface area contributed by atoms with Crippen molar-refractivity contribution in [2.75, 3.05) is 18.7 Å². The third-order valence-electron chi connectivity index (χ3n) is 2.88. The summed E-state index contributed by atoms with van der Waals surface area (Å²) in [6.07, 6.45) is 3.11. The zero-order chi connectivity index (χ0) is 15.4. The first kappa shape index (κ1) is 15.1. The van der Waals surface area contributed by atoms with Crippen molar-refractivity contribution in [1.82, 2.24) is 9.55 Å². The monoisotopic (exact) mass is 305 g/mol. The predicted octanol–water partition coefficient (Wildman–Crippen LogP) is 1.76. The molecule has 21 heavy (non-hydrogen) atoms. The molecule has 2 aromatic rings. The summed E-state index contributed by atoms with van der Waals surface area (Å²) in [5.41, 5.74) is 0.170. The third kappa shape index (κ3) is 3.25. The number of carbonyl (C=O) groups excluding carboxylic acids is 1. The molecule has 1 aromatic carbocycles. The maximum atomic E-state index is 12.2. The van der Waals surface area contributed by atoms with Crippen LogP contribution in [0.4, 0.5) is 5.69 Å². The van der Waals surface area contributed by atoms with Gasteiger partial charge in [0.25, 0.3) is 11.5 Å². The molecule has 0 fully saturated rings. The number of methoxy groups -OCH3 is 1. The fraction of sp³-hybridized carbons (Fsp3) is 0.214. The molecule has 1 N–H and O–H groups in total. The number of benzene rings is 1. The third-order valence-corrected chi connectivity index (χ3v) is 3.63. The molecular formula is C14H15N3O3S. The second-order valence-corrected chi connectivity index (χ2v) is 4.98. The van der Waals surface area contributed by atoms with Gasteiger partial charge in [-0.15, -0.1) is 0 Å². The molecule has 0 spiro atoms. The van der Waals surface area contributed by atoms with Gasteiger partial charge in [-0.25, -0.2) is 4.98 Å². The quantitative estimate of drug-likeness (QED) is 0.688. The SMILES string of the molecule is COc1cccc(NC(=O)c2cnc(SC)n(C)c2=O)c1. The van der Waals surface area contributed by atoms with Crippen molar-refractivity contribution in [3.63, 3.8) is 0 Å². The summed E-state index contributed by atoms with van der Waals surface area (Å²) >= 11 is 1.34. The summed E-state index contributed by atoms with van der Waals surface area (Å²) in [5, 5.41) is 3.21. The molecular weight excluding hydrogens is 290 g/mol. The fourth-order valence-corrected chi connectivity index (χ4v) is 2.29. The largest absolute Gasteiger partial charge is 0.497 e. The lowest BCUT2D eigenvalue weighted by Gasteiger charge is -2.09. The van der Waals surface area contributed by atoms with E-state index in [2.05, 4.69) is 10.3 Å². The number of nitrogens with one attached hydrogen (secondary N) is 1. The zero-order valence-corrected chi connectivity index (χ0v) is 12.7. The van der Waals surface area contributed by atoms with E-state index in [1.54, 1.807) is 38.4 Å². The van der Waals surface area contributed by atoms with Gasteiger partial charge >= 0.3 is 0 Å². The van der Waals surface area contributed by atoms with E-state index in [9.17, 15) is 9.59 Å². The molecule has 0 saturated carbocycles. The number of thioether (sulfide) groups is 1. The average Bonchev–Trinajstić information content (AvgIpc) is 2.50. The summed E-state index contributed by atoms with van der Waals surface area (Å²) in [6, 6.07) is 6.91. The molecule has 0 unspecified atom stereocenters. The number of carbonyl (C=O) groups is 1. The smallest absolute Gasteiger partial charge is 0.266 e. The molecule has 1 heterocycles. The van der Waals surface area contributed by atoms with E-state index < -0.39 is 5.91 Å². The number of nitrogens with zero attached hydrogens (tertiary/aromatic N) is 2. The van der Waals surface area contributed by atoms with Crippen molar-refractivity contribution in [3.8, 4) is 5.75 Å². The molecule has 110 valence electrons. The minimum Gasteiger partial charge on any atom is -0.497 e. The van der Waals surface area contributed by atoms with Crippen LogP contribution in [0.1, 0.15) is 10.4 Å². The standard InChI is InChI=1S/C14H15N3O3S/c1-17-13(19)11(8-15-14(17)21-3)12(18)16-9-5-4-6-10(7-9)20-2/h4-8H,1-3H3,(H,16,18). The van der Waals surface area contributed by atoms with E-state index in [0.717, 1.165) is 0 Å². The molecule has 1 aromatic heterocycles. The Morgan fingerprint density at radius 1 is 1.43 bits per heavy atom. The second kappa shape index (κ2) is 6.45. The Kier molecular flexibility index (Phi) is 4.64. The summed E-state index contributed by atoms with van der Waals surface area (Å²) in [7, 11) is 3.13. The topological polar surface area (TPSA) is 73.2 Å². The van der Waals surface area contributed by atoms with E-state index in [1.807, 2.05) is 6.26 Å². The van der Waals surface area contributed by atoms with Crippen molar-refractivity contribution < 1.29 is 9.53 Å². The maximum absolute atomic E-state index is 12.2. The molecule has 0 saturated heterocycles. The summed E-state index contributed by atoms with van der Waals surface area (Å²) < 4.78 is 6.44. The van der Waals surface area contributed by atoms with Gasteiger partial charge < -0.3 is 10.1 Å². The van der Waals surface area contributed by atoms with Crippen LogP contribution >= 0.6 is 11.8 Å². The minimum atomic E-state index is -0.496. The Labute approximate surface area is 126 Å². The molecule has 0 bridgehead atoms. The molecule has 0 aliphatic carbocycles. The molecule has 0 aliphatic heterocycles. The van der Waals surface area contributed by atoms with Crippen molar-refractivity contribution in [1.29, 1.82) is 0 Å². The zero-order valence-electron chi connectivity index (χ0n) is 11.9. The molecule has 6 nitrogen and oxygen atoms in total. The fourth-order valence-electron chi connectivity index (χ4n) is 1.77. The lowest BCUT2D eigenvalue weighted by molar-refractivity contribution is 0.102. The lowest BCUT2D eigenvalue weighted by atomic mass is 10.2. The average molecular weight is 305 g/mol. The Bertz CT molecular complexity index is 728. The van der Waals surface area contributed by atoms with E-state index in [4.69, 9.17) is 4.74 Å². The van der Waals surface area contributed by atoms with Gasteiger partial charge in [-0.05, 0) is 18.4 Å². The van der Waals surface area contributed by atoms with Gasteiger partial charge in [0.15, 0.2) is 5.16 Å². The van der Waals surface area contributed by atoms with Crippen LogP contribution < -0.4 is 15.6 Å². The molecule has 1 amide bonds. The number of hydrogen-bond donors (Lipinski definition) is 1. The van der Waals surface area contributed by atoms with Gasteiger partial charge in [-0.1, -0.05) is 17.8 Å². The Morgan fingerprint density at radius 2 is 2.19 bits per heavy atom. The first-order valence-electron chi connectivity index (χ1n) is 6.12. The number of aromatic nitrogens is 2. The maximum Gasteiger partial charge on any atom is 0.266 e. The van der Waals surface area contributed by atoms with E-state index in [-0.39, 0.29) is 11.1 Å². The van der Waals surface area contributed by atoms with Crippen LogP contribution in [0.2, 0.25) is 0 Å². The number of hydrogen-bond acceptors (Lipinski definition) is 5. The predicted molar refractivity (Wildman–Crippen MR) is 82.2 cm³/mol. The molecule has 2 rings (SSSR count). The first-order chi connectivity index (χ1) is 10.1. The number of amides is 1. The number of anilines is 1. The Hall–Kier alpha value is -2.28. The van der Waals surface area contributed by atoms with Crippen LogP contribution in [-0.2, 0) is 7.05 Å². The van der Waals surface area contributed by atoms with E-state index in [0.29, 0.717) is 16.6 Å². The van der Waals surface area contributed by atoms with Crippen LogP contribution in [0.3, 0.4) is 0 Å². The minimum absolute atomic E-state index is 0.00174. The van der Waals surface area contributed by atoms with Crippen molar-refractivity contribution in [2.24, 2.45) is 7.05 Å². The van der Waals surface area contributed by atoms with Gasteiger partial charge in [0.05, 0.1) is 7.11 Å². The van der Waals surface area contributed by atoms with Gasteiger partial charge in [-0.3, -0.25) is 14.2 Å². The van der Waals surface area contributed by atoms with Crippen molar-refractivity contribution in [2.45, 2.75) is 5.16 Å². The van der Waals surface area contributed by atoms with E-state index in [1.165, 1.54) is 22.5 Å². The van der Waals surface area contributed by atoms with Crippen LogP contribution in [0.25, 0.3) is 0 Å². The van der Waals surface area contributed by atoms with Gasteiger partial charge in [0, 0.05) is 25.0 Å². The van der Waals surface area contributed by atoms with Crippen LogP contribution in [0.5, 0.6) is 5.75 Å². The summed E-state index contributed by atoms with van der Waals surface area (Å²) in [6.45, 7) is 0. The summed E-state index contributed by atoms with van der Waals surface area (Å²) in [5.74, 6) is 0.126. The second-order valence-electron chi connectivity index (χ2n) is 4.21. The molecule has 0 radical (unpaired) electrons. The van der Waals surface area contributed by atoms with Gasteiger partial charge in [-0.2, -0.15) is 0 Å². The highest BCUT2D eigenvalue weighted by atomic mass is 32.2. The lowest BCUT2D eigenvalue weighted by Crippen LogP contribution is -2.29. The van der Waals surface area contributed by atoms with Gasteiger partial charge in [0.2, 0.25) is 0 Å². The van der Waals surface area contributed by atoms with Crippen molar-refractivity contribution in [3.05, 3.63) is 46.4 Å². The number of ether oxygens (including phenoxy) is 1. The number of rotatable bonds is 4. The van der Waals surface area contributed by atoms with Crippen LogP contribution in [0, 0.1) is 0 Å². The Morgan fingerprint density at radius 3 is 2.86 bits per heavy atom. The molecule has 0 aliphatic rings. The normalized spacial score (nSPS) is 10.2. The van der Waals surface area contributed by atoms with Crippen molar-refractivity contribution >= 4 is 23.4 Å². The first-order valence-corrected chi connectivity index (χ1v) is 7.34. The summed E-state index contributed by atoms with van der Waals surface area (Å²) in [4.78, 5) is 28.4. The van der Waals surface area contributed by atoms with Crippen LogP contribution in [-0.4, -0.2) is 28.8 Å². The highest BCUT2D eigenvalue weighted by molar-refractivity contribution is 7.98. The van der Waals surface area contributed by atoms with Gasteiger partial charge in [0.1, 0.15) is 11.3 Å². The molecule has 0 atom stereocenters. The highest BCUT2D eigenvalue weighted by Gasteiger charge is 2.14.